The first-order chi connectivity index (χ1) is 15.1. The molecule has 0 bridgehead atoms. The lowest BCUT2D eigenvalue weighted by Gasteiger charge is -2.11. The van der Waals surface area contributed by atoms with Crippen molar-refractivity contribution in [1.29, 1.82) is 0 Å². The highest BCUT2D eigenvalue weighted by atomic mass is 16.2. The van der Waals surface area contributed by atoms with Gasteiger partial charge in [-0.15, -0.1) is 0 Å². The largest absolute Gasteiger partial charge is 0.378 e. The average molecular weight is 404 g/mol. The first-order valence-electron chi connectivity index (χ1n) is 9.98. The fraction of sp³-hybridized carbons (Fsp3) is 0.0769. The summed E-state index contributed by atoms with van der Waals surface area (Å²) in [5, 5.41) is 11.3. The van der Waals surface area contributed by atoms with Crippen LogP contribution >= 0.6 is 0 Å². The monoisotopic (exact) mass is 404 g/mol. The molecule has 1 aliphatic rings. The lowest BCUT2D eigenvalue weighted by molar-refractivity contribution is -0.110. The third-order valence-electron chi connectivity index (χ3n) is 5.32. The van der Waals surface area contributed by atoms with Crippen LogP contribution in [-0.4, -0.2) is 30.2 Å². The fourth-order valence-electron chi connectivity index (χ4n) is 3.65. The Labute approximate surface area is 180 Å². The summed E-state index contributed by atoms with van der Waals surface area (Å²) in [4.78, 5) is 14.4. The normalized spacial score (nSPS) is 13.6. The van der Waals surface area contributed by atoms with Crippen LogP contribution in [0.15, 0.2) is 66.7 Å². The van der Waals surface area contributed by atoms with Crippen LogP contribution in [0, 0.1) is 11.8 Å². The van der Waals surface area contributed by atoms with Gasteiger partial charge in [0.1, 0.15) is 5.69 Å². The number of nitrogens with zero attached hydrogens (tertiary/aromatic N) is 2. The summed E-state index contributed by atoms with van der Waals surface area (Å²) >= 11 is 0. The van der Waals surface area contributed by atoms with Crippen molar-refractivity contribution in [3.63, 3.8) is 0 Å². The molecule has 1 amide bonds. The number of fused-ring (bicyclic) bond motifs is 2. The van der Waals surface area contributed by atoms with Crippen LogP contribution in [0.3, 0.4) is 0 Å². The van der Waals surface area contributed by atoms with Gasteiger partial charge in [0.05, 0.1) is 5.52 Å². The van der Waals surface area contributed by atoms with Crippen LogP contribution in [0.5, 0.6) is 0 Å². The summed E-state index contributed by atoms with van der Waals surface area (Å²) in [6.45, 7) is 0. The molecule has 150 valence electrons. The van der Waals surface area contributed by atoms with Gasteiger partial charge in [0.15, 0.2) is 0 Å². The molecule has 1 aromatic heterocycles. The second-order valence-electron chi connectivity index (χ2n) is 7.63. The third-order valence-corrected chi connectivity index (χ3v) is 5.32. The second-order valence-corrected chi connectivity index (χ2v) is 7.63. The molecule has 3 aromatic carbocycles. The lowest BCUT2D eigenvalue weighted by Crippen LogP contribution is -2.07. The summed E-state index contributed by atoms with van der Waals surface area (Å²) in [6, 6.07) is 21.8. The van der Waals surface area contributed by atoms with Crippen molar-refractivity contribution in [3.8, 4) is 11.8 Å². The van der Waals surface area contributed by atoms with E-state index in [1.165, 1.54) is 0 Å². The molecule has 0 fully saturated rings. The van der Waals surface area contributed by atoms with E-state index in [1.807, 2.05) is 86.9 Å². The van der Waals surface area contributed by atoms with Crippen molar-refractivity contribution in [2.75, 3.05) is 24.3 Å². The molecule has 5 heteroatoms. The zero-order chi connectivity index (χ0) is 21.4. The molecule has 0 spiro atoms. The van der Waals surface area contributed by atoms with Gasteiger partial charge in [-0.05, 0) is 60.0 Å². The Kier molecular flexibility index (Phi) is 4.53. The Bertz CT molecular complexity index is 1400. The maximum Gasteiger partial charge on any atom is 0.256 e. The molecule has 0 radical (unpaired) electrons. The van der Waals surface area contributed by atoms with Crippen LogP contribution in [0.4, 0.5) is 11.4 Å². The topological polar surface area (TPSA) is 61.0 Å². The second kappa shape index (κ2) is 7.51. The van der Waals surface area contributed by atoms with Crippen molar-refractivity contribution in [2.24, 2.45) is 0 Å². The Morgan fingerprint density at radius 2 is 1.77 bits per heavy atom. The number of carbonyl (C=O) groups excluding carboxylic acids is 1. The number of rotatable bonds is 2. The fourth-order valence-corrected chi connectivity index (χ4v) is 3.65. The maximum atomic E-state index is 12.4. The molecule has 0 saturated heterocycles. The zero-order valence-electron chi connectivity index (χ0n) is 17.2. The molecule has 31 heavy (non-hydrogen) atoms. The highest BCUT2D eigenvalue weighted by Gasteiger charge is 2.23. The number of hydrogen-bond acceptors (Lipinski definition) is 3. The number of benzene rings is 3. The highest BCUT2D eigenvalue weighted by molar-refractivity contribution is 6.34. The molecule has 5 rings (SSSR count). The molecule has 0 aliphatic carbocycles. The number of carbonyl (C=O) groups is 1. The third kappa shape index (κ3) is 3.56. The average Bonchev–Trinajstić information content (AvgIpc) is 3.33. The van der Waals surface area contributed by atoms with Crippen LogP contribution in [0.25, 0.3) is 22.6 Å². The number of para-hydroxylation sites is 1. The van der Waals surface area contributed by atoms with E-state index in [0.717, 1.165) is 39.0 Å². The number of H-pyrrole nitrogens is 1. The van der Waals surface area contributed by atoms with Gasteiger partial charge in [0, 0.05) is 47.6 Å². The molecule has 2 heterocycles. The van der Waals surface area contributed by atoms with E-state index in [0.29, 0.717) is 11.3 Å². The van der Waals surface area contributed by atoms with E-state index >= 15 is 0 Å². The van der Waals surface area contributed by atoms with Gasteiger partial charge in [-0.25, -0.2) is 0 Å². The predicted molar refractivity (Wildman–Crippen MR) is 126 cm³/mol. The highest BCUT2D eigenvalue weighted by Crippen LogP contribution is 2.33. The summed E-state index contributed by atoms with van der Waals surface area (Å²) in [6.07, 6.45) is 1.90. The molecular formula is C26H20N4O. The minimum atomic E-state index is -0.0854. The molecule has 0 unspecified atom stereocenters. The summed E-state index contributed by atoms with van der Waals surface area (Å²) in [5.74, 6) is 6.25. The summed E-state index contributed by atoms with van der Waals surface area (Å²) in [7, 11) is 4.03. The Balaban J connectivity index is 1.44. The zero-order valence-corrected chi connectivity index (χ0v) is 17.2. The van der Waals surface area contributed by atoms with Gasteiger partial charge in [0.2, 0.25) is 0 Å². The van der Waals surface area contributed by atoms with Crippen LogP contribution in [0.2, 0.25) is 0 Å². The Hall–Kier alpha value is -4.30. The van der Waals surface area contributed by atoms with E-state index in [-0.39, 0.29) is 5.91 Å². The number of aromatic amines is 1. The van der Waals surface area contributed by atoms with E-state index in [4.69, 9.17) is 0 Å². The lowest BCUT2D eigenvalue weighted by atomic mass is 10.0. The number of nitrogens with one attached hydrogen (secondary N) is 2. The van der Waals surface area contributed by atoms with Gasteiger partial charge in [-0.3, -0.25) is 9.89 Å². The van der Waals surface area contributed by atoms with Crippen molar-refractivity contribution < 1.29 is 4.79 Å². The van der Waals surface area contributed by atoms with Crippen LogP contribution in [-0.2, 0) is 4.79 Å². The number of aromatic nitrogens is 2. The number of anilines is 2. The molecule has 5 nitrogen and oxygen atoms in total. The molecule has 0 saturated carbocycles. The van der Waals surface area contributed by atoms with Crippen LogP contribution < -0.4 is 10.2 Å². The summed E-state index contributed by atoms with van der Waals surface area (Å²) < 4.78 is 0. The van der Waals surface area contributed by atoms with Gasteiger partial charge in [-0.2, -0.15) is 5.10 Å². The maximum absolute atomic E-state index is 12.4. The molecule has 4 aromatic rings. The minimum Gasteiger partial charge on any atom is -0.378 e. The van der Waals surface area contributed by atoms with Gasteiger partial charge >= 0.3 is 0 Å². The number of hydrogen-bond donors (Lipinski definition) is 2. The van der Waals surface area contributed by atoms with Crippen molar-refractivity contribution in [3.05, 3.63) is 89.1 Å². The molecule has 0 atom stereocenters. The van der Waals surface area contributed by atoms with Crippen LogP contribution in [0.1, 0.15) is 22.4 Å². The smallest absolute Gasteiger partial charge is 0.256 e. The Morgan fingerprint density at radius 3 is 2.58 bits per heavy atom. The van der Waals surface area contributed by atoms with Gasteiger partial charge < -0.3 is 10.2 Å². The van der Waals surface area contributed by atoms with Crippen molar-refractivity contribution >= 4 is 39.8 Å². The standard InChI is InChI=1S/C26H20N4O/c1-30(2)19-11-7-17(8-12-19)10-14-24-21-13-9-18(16-25(21)29-28-24)15-22-20-5-3-4-6-23(20)27-26(22)31/h3-9,11-13,15-16H,1-2H3,(H,27,31)(H,28,29). The van der Waals surface area contributed by atoms with E-state index in [2.05, 4.69) is 32.3 Å². The number of amides is 1. The first kappa shape index (κ1) is 18.7. The molecular weight excluding hydrogens is 384 g/mol. The van der Waals surface area contributed by atoms with Crippen molar-refractivity contribution in [1.82, 2.24) is 10.2 Å². The predicted octanol–water partition coefficient (Wildman–Crippen LogP) is 4.52. The summed E-state index contributed by atoms with van der Waals surface area (Å²) in [5.41, 5.74) is 7.02. The van der Waals surface area contributed by atoms with E-state index in [1.54, 1.807) is 0 Å². The van der Waals surface area contributed by atoms with Crippen molar-refractivity contribution in [2.45, 2.75) is 0 Å². The van der Waals surface area contributed by atoms with Gasteiger partial charge in [0.25, 0.3) is 5.91 Å². The molecule has 1 aliphatic heterocycles. The Morgan fingerprint density at radius 1 is 0.968 bits per heavy atom. The quantitative estimate of drug-likeness (QED) is 0.381. The molecule has 2 N–H and O–H groups in total. The van der Waals surface area contributed by atoms with E-state index < -0.39 is 0 Å². The SMILES string of the molecule is CN(C)c1ccc(C#Cc2n[nH]c3cc(C=C4C(=O)Nc5ccccc54)ccc23)cc1. The van der Waals surface area contributed by atoms with E-state index in [9.17, 15) is 4.79 Å². The first-order valence-corrected chi connectivity index (χ1v) is 9.98. The minimum absolute atomic E-state index is 0.0854. The van der Waals surface area contributed by atoms with Gasteiger partial charge in [-0.1, -0.05) is 30.2 Å².